The Bertz CT molecular complexity index is 442. The maximum Gasteiger partial charge on any atom is 0.258 e. The van der Waals surface area contributed by atoms with Crippen LogP contribution in [0.25, 0.3) is 0 Å². The number of ether oxygens (including phenoxy) is 2. The molecular formula is C14H20N2O3. The molecule has 1 amide bonds. The first-order valence-corrected chi connectivity index (χ1v) is 6.51. The van der Waals surface area contributed by atoms with Crippen LogP contribution in [0.5, 0.6) is 5.75 Å². The highest BCUT2D eigenvalue weighted by molar-refractivity contribution is 5.77. The molecule has 3 N–H and O–H groups in total. The SMILES string of the molecule is Cc1ccc(N)cc1OCC(=O)NC1CCOCC1. The average Bonchev–Trinajstić information content (AvgIpc) is 2.41. The fourth-order valence-electron chi connectivity index (χ4n) is 2.03. The van der Waals surface area contributed by atoms with Crippen molar-refractivity contribution < 1.29 is 14.3 Å². The zero-order valence-electron chi connectivity index (χ0n) is 11.1. The highest BCUT2D eigenvalue weighted by Crippen LogP contribution is 2.20. The van der Waals surface area contributed by atoms with Crippen LogP contribution in [0.4, 0.5) is 5.69 Å². The van der Waals surface area contributed by atoms with E-state index in [1.165, 1.54) is 0 Å². The quantitative estimate of drug-likeness (QED) is 0.803. The molecule has 0 saturated carbocycles. The molecule has 0 spiro atoms. The van der Waals surface area contributed by atoms with E-state index >= 15 is 0 Å². The van der Waals surface area contributed by atoms with Crippen LogP contribution in [-0.4, -0.2) is 31.8 Å². The van der Waals surface area contributed by atoms with Crippen molar-refractivity contribution in [2.24, 2.45) is 0 Å². The van der Waals surface area contributed by atoms with Crippen LogP contribution in [0.2, 0.25) is 0 Å². The fourth-order valence-corrected chi connectivity index (χ4v) is 2.03. The maximum absolute atomic E-state index is 11.8. The third kappa shape index (κ3) is 4.13. The molecule has 2 rings (SSSR count). The Morgan fingerprint density at radius 2 is 2.21 bits per heavy atom. The van der Waals surface area contributed by atoms with Crippen molar-refractivity contribution in [1.82, 2.24) is 5.32 Å². The number of benzene rings is 1. The number of nitrogens with one attached hydrogen (secondary N) is 1. The van der Waals surface area contributed by atoms with Crippen molar-refractivity contribution in [3.05, 3.63) is 23.8 Å². The number of nitrogens with two attached hydrogens (primary N) is 1. The molecule has 1 aromatic rings. The minimum atomic E-state index is -0.103. The van der Waals surface area contributed by atoms with E-state index in [0.717, 1.165) is 18.4 Å². The van der Waals surface area contributed by atoms with Crippen LogP contribution in [-0.2, 0) is 9.53 Å². The molecule has 0 unspecified atom stereocenters. The van der Waals surface area contributed by atoms with E-state index in [1.54, 1.807) is 6.07 Å². The third-order valence-corrected chi connectivity index (χ3v) is 3.16. The molecule has 0 aliphatic carbocycles. The second kappa shape index (κ2) is 6.43. The smallest absolute Gasteiger partial charge is 0.258 e. The minimum absolute atomic E-state index is 0.0155. The molecule has 0 aromatic heterocycles. The van der Waals surface area contributed by atoms with Gasteiger partial charge >= 0.3 is 0 Å². The lowest BCUT2D eigenvalue weighted by molar-refractivity contribution is -0.124. The van der Waals surface area contributed by atoms with Gasteiger partial charge in [0.2, 0.25) is 0 Å². The van der Waals surface area contributed by atoms with Gasteiger partial charge in [0.05, 0.1) is 0 Å². The largest absolute Gasteiger partial charge is 0.483 e. The third-order valence-electron chi connectivity index (χ3n) is 3.16. The first-order valence-electron chi connectivity index (χ1n) is 6.51. The first kappa shape index (κ1) is 13.7. The Morgan fingerprint density at radius 3 is 2.95 bits per heavy atom. The molecule has 19 heavy (non-hydrogen) atoms. The van der Waals surface area contributed by atoms with Crippen molar-refractivity contribution in [2.75, 3.05) is 25.6 Å². The molecule has 0 atom stereocenters. The van der Waals surface area contributed by atoms with E-state index < -0.39 is 0 Å². The van der Waals surface area contributed by atoms with E-state index in [-0.39, 0.29) is 18.6 Å². The van der Waals surface area contributed by atoms with Crippen LogP contribution in [0.3, 0.4) is 0 Å². The topological polar surface area (TPSA) is 73.6 Å². The molecule has 0 radical (unpaired) electrons. The van der Waals surface area contributed by atoms with Crippen LogP contribution in [0.1, 0.15) is 18.4 Å². The van der Waals surface area contributed by atoms with Crippen LogP contribution in [0, 0.1) is 6.92 Å². The summed E-state index contributed by atoms with van der Waals surface area (Å²) in [6.07, 6.45) is 1.73. The molecule has 1 aromatic carbocycles. The van der Waals surface area contributed by atoms with E-state index in [0.29, 0.717) is 24.7 Å². The molecule has 1 fully saturated rings. The zero-order valence-corrected chi connectivity index (χ0v) is 11.1. The van der Waals surface area contributed by atoms with Gasteiger partial charge in [-0.2, -0.15) is 0 Å². The van der Waals surface area contributed by atoms with Gasteiger partial charge in [-0.15, -0.1) is 0 Å². The van der Waals surface area contributed by atoms with Crippen molar-refractivity contribution in [3.63, 3.8) is 0 Å². The second-order valence-electron chi connectivity index (χ2n) is 4.77. The standard InChI is InChI=1S/C14H20N2O3/c1-10-2-3-11(15)8-13(10)19-9-14(17)16-12-4-6-18-7-5-12/h2-3,8,12H,4-7,9,15H2,1H3,(H,16,17). The van der Waals surface area contributed by atoms with Crippen molar-refractivity contribution in [2.45, 2.75) is 25.8 Å². The van der Waals surface area contributed by atoms with Crippen molar-refractivity contribution >= 4 is 11.6 Å². The highest BCUT2D eigenvalue weighted by Gasteiger charge is 2.16. The average molecular weight is 264 g/mol. The van der Waals surface area contributed by atoms with Crippen molar-refractivity contribution in [3.8, 4) is 5.75 Å². The number of nitrogen functional groups attached to an aromatic ring is 1. The Morgan fingerprint density at radius 1 is 1.47 bits per heavy atom. The molecule has 5 nitrogen and oxygen atoms in total. The first-order chi connectivity index (χ1) is 9.15. The lowest BCUT2D eigenvalue weighted by Crippen LogP contribution is -2.41. The molecule has 0 bridgehead atoms. The Labute approximate surface area is 113 Å². The monoisotopic (exact) mass is 264 g/mol. The summed E-state index contributed by atoms with van der Waals surface area (Å²) >= 11 is 0. The van der Waals surface area contributed by atoms with Gasteiger partial charge in [0.15, 0.2) is 6.61 Å². The molecule has 1 aliphatic rings. The highest BCUT2D eigenvalue weighted by atomic mass is 16.5. The number of aryl methyl sites for hydroxylation is 1. The number of carbonyl (C=O) groups excluding carboxylic acids is 1. The van der Waals surface area contributed by atoms with Gasteiger partial charge in [0.1, 0.15) is 5.75 Å². The Kier molecular flexibility index (Phi) is 4.63. The summed E-state index contributed by atoms with van der Waals surface area (Å²) in [6.45, 7) is 3.35. The summed E-state index contributed by atoms with van der Waals surface area (Å²) in [6, 6.07) is 5.62. The molecule has 1 saturated heterocycles. The summed E-state index contributed by atoms with van der Waals surface area (Å²) in [5, 5.41) is 2.95. The molecular weight excluding hydrogens is 244 g/mol. The van der Waals surface area contributed by atoms with Gasteiger partial charge in [-0.3, -0.25) is 4.79 Å². The summed E-state index contributed by atoms with van der Waals surface area (Å²) in [7, 11) is 0. The minimum Gasteiger partial charge on any atom is -0.483 e. The Balaban J connectivity index is 1.81. The summed E-state index contributed by atoms with van der Waals surface area (Å²) in [5.74, 6) is 0.552. The van der Waals surface area contributed by atoms with Crippen molar-refractivity contribution in [1.29, 1.82) is 0 Å². The summed E-state index contributed by atoms with van der Waals surface area (Å²) in [5.41, 5.74) is 7.28. The molecule has 104 valence electrons. The second-order valence-corrected chi connectivity index (χ2v) is 4.77. The number of hydrogen-bond donors (Lipinski definition) is 2. The number of rotatable bonds is 4. The number of hydrogen-bond acceptors (Lipinski definition) is 4. The van der Waals surface area contributed by atoms with E-state index in [1.807, 2.05) is 19.1 Å². The van der Waals surface area contributed by atoms with E-state index in [2.05, 4.69) is 5.32 Å². The van der Waals surface area contributed by atoms with Gasteiger partial charge in [-0.05, 0) is 31.4 Å². The lowest BCUT2D eigenvalue weighted by Gasteiger charge is -2.23. The van der Waals surface area contributed by atoms with Crippen LogP contribution >= 0.6 is 0 Å². The lowest BCUT2D eigenvalue weighted by atomic mass is 10.1. The molecule has 1 heterocycles. The van der Waals surface area contributed by atoms with Crippen LogP contribution in [0.15, 0.2) is 18.2 Å². The summed E-state index contributed by atoms with van der Waals surface area (Å²) < 4.78 is 10.7. The van der Waals surface area contributed by atoms with Gasteiger partial charge < -0.3 is 20.5 Å². The maximum atomic E-state index is 11.8. The normalized spacial score (nSPS) is 16.1. The zero-order chi connectivity index (χ0) is 13.7. The predicted octanol–water partition coefficient (Wildman–Crippen LogP) is 1.25. The van der Waals surface area contributed by atoms with Gasteiger partial charge in [-0.1, -0.05) is 6.07 Å². The number of amides is 1. The molecule has 1 aliphatic heterocycles. The van der Waals surface area contributed by atoms with Gasteiger partial charge in [0.25, 0.3) is 5.91 Å². The Hall–Kier alpha value is -1.75. The van der Waals surface area contributed by atoms with Crippen LogP contribution < -0.4 is 15.8 Å². The molecule has 5 heteroatoms. The number of anilines is 1. The van der Waals surface area contributed by atoms with Gasteiger partial charge in [0, 0.05) is 31.0 Å². The number of carbonyl (C=O) groups is 1. The van der Waals surface area contributed by atoms with E-state index in [9.17, 15) is 4.79 Å². The summed E-state index contributed by atoms with van der Waals surface area (Å²) in [4.78, 5) is 11.8. The fraction of sp³-hybridized carbons (Fsp3) is 0.500. The van der Waals surface area contributed by atoms with Gasteiger partial charge in [-0.25, -0.2) is 0 Å². The predicted molar refractivity (Wildman–Crippen MR) is 73.1 cm³/mol. The van der Waals surface area contributed by atoms with E-state index in [4.69, 9.17) is 15.2 Å².